The van der Waals surface area contributed by atoms with E-state index < -0.39 is 15.6 Å². The monoisotopic (exact) mass is 475 g/mol. The molecule has 0 aliphatic carbocycles. The first-order valence-electron chi connectivity index (χ1n) is 10.8. The van der Waals surface area contributed by atoms with E-state index in [2.05, 4.69) is 31.8 Å². The minimum absolute atomic E-state index is 0.0529. The Labute approximate surface area is 198 Å². The molecule has 174 valence electrons. The minimum atomic E-state index is -3.98. The summed E-state index contributed by atoms with van der Waals surface area (Å²) >= 11 is 0. The fourth-order valence-electron chi connectivity index (χ4n) is 3.52. The van der Waals surface area contributed by atoms with E-state index in [4.69, 9.17) is 0 Å². The molecule has 0 atom stereocenters. The Morgan fingerprint density at radius 1 is 0.941 bits per heavy atom. The second-order valence-electron chi connectivity index (χ2n) is 7.78. The maximum Gasteiger partial charge on any atom is 0.277 e. The largest absolute Gasteiger partial charge is 0.345 e. The number of nitrogens with one attached hydrogen (secondary N) is 2. The number of hydrogen-bond donors (Lipinski definition) is 2. The van der Waals surface area contributed by atoms with E-state index in [1.807, 2.05) is 30.1 Å². The van der Waals surface area contributed by atoms with Gasteiger partial charge in [-0.1, -0.05) is 48.5 Å². The van der Waals surface area contributed by atoms with E-state index in [1.54, 1.807) is 42.7 Å². The molecular weight excluding hydrogens is 450 g/mol. The molecule has 0 saturated carbocycles. The summed E-state index contributed by atoms with van der Waals surface area (Å²) in [6.07, 6.45) is 4.88. The van der Waals surface area contributed by atoms with Gasteiger partial charge in [0, 0.05) is 31.5 Å². The second kappa shape index (κ2) is 10.3. The molecule has 0 saturated heterocycles. The van der Waals surface area contributed by atoms with E-state index in [9.17, 15) is 13.2 Å². The summed E-state index contributed by atoms with van der Waals surface area (Å²) in [6.45, 7) is 0.655. The van der Waals surface area contributed by atoms with Gasteiger partial charge in [-0.2, -0.15) is 0 Å². The number of sulfonamides is 1. The van der Waals surface area contributed by atoms with Crippen LogP contribution in [0.3, 0.4) is 0 Å². The molecule has 2 aromatic carbocycles. The zero-order valence-corrected chi connectivity index (χ0v) is 19.5. The lowest BCUT2D eigenvalue weighted by molar-refractivity contribution is 0.601. The Morgan fingerprint density at radius 3 is 2.26 bits per heavy atom. The highest BCUT2D eigenvalue weighted by Gasteiger charge is 2.22. The molecule has 0 fully saturated rings. The maximum absolute atomic E-state index is 13.1. The van der Waals surface area contributed by atoms with E-state index >= 15 is 0 Å². The van der Waals surface area contributed by atoms with Crippen molar-refractivity contribution in [1.82, 2.24) is 15.0 Å². The standard InChI is InChI=1S/C25H25N5O3S/c1-30(18-8-11-19-9-4-2-5-10-19)25-27-22(20-14-16-26-17-15-20)23(24(31)28-25)29-34(32,33)21-12-6-3-7-13-21/h2-7,9-10,12-17,29H,8,11,18H2,1H3,(H,27,28,31). The van der Waals surface area contributed by atoms with Crippen LogP contribution in [-0.4, -0.2) is 37.0 Å². The highest BCUT2D eigenvalue weighted by molar-refractivity contribution is 7.92. The van der Waals surface area contributed by atoms with Crippen LogP contribution in [0.15, 0.2) is 94.9 Å². The predicted octanol–water partition coefficient (Wildman–Crippen LogP) is 3.70. The van der Waals surface area contributed by atoms with Crippen molar-refractivity contribution in [2.45, 2.75) is 17.7 Å². The van der Waals surface area contributed by atoms with Gasteiger partial charge in [-0.25, -0.2) is 13.4 Å². The summed E-state index contributed by atoms with van der Waals surface area (Å²) in [4.78, 5) is 26.3. The summed E-state index contributed by atoms with van der Waals surface area (Å²) < 4.78 is 28.3. The highest BCUT2D eigenvalue weighted by Crippen LogP contribution is 2.26. The lowest BCUT2D eigenvalue weighted by Gasteiger charge is -2.20. The van der Waals surface area contributed by atoms with E-state index in [0.29, 0.717) is 18.1 Å². The van der Waals surface area contributed by atoms with Gasteiger partial charge >= 0.3 is 0 Å². The lowest BCUT2D eigenvalue weighted by Crippen LogP contribution is -2.28. The maximum atomic E-state index is 13.1. The molecule has 4 aromatic rings. The third kappa shape index (κ3) is 5.49. The number of hydrogen-bond acceptors (Lipinski definition) is 6. The van der Waals surface area contributed by atoms with Crippen molar-refractivity contribution in [3.05, 3.63) is 101 Å². The SMILES string of the molecule is CN(CCCc1ccccc1)c1nc(-c2ccncc2)c(NS(=O)(=O)c2ccccc2)c(=O)[nH]1. The van der Waals surface area contributed by atoms with Crippen LogP contribution in [0, 0.1) is 0 Å². The summed E-state index contributed by atoms with van der Waals surface area (Å²) in [5, 5.41) is 0. The first-order valence-corrected chi connectivity index (χ1v) is 12.3. The zero-order valence-electron chi connectivity index (χ0n) is 18.7. The molecule has 4 rings (SSSR count). The van der Waals surface area contributed by atoms with Gasteiger partial charge < -0.3 is 4.90 Å². The van der Waals surface area contributed by atoms with Gasteiger partial charge in [0.25, 0.3) is 15.6 Å². The van der Waals surface area contributed by atoms with Crippen molar-refractivity contribution in [3.63, 3.8) is 0 Å². The van der Waals surface area contributed by atoms with Gasteiger partial charge in [-0.05, 0) is 42.7 Å². The van der Waals surface area contributed by atoms with Gasteiger partial charge in [-0.15, -0.1) is 0 Å². The summed E-state index contributed by atoms with van der Waals surface area (Å²) in [6, 6.07) is 21.4. The third-order valence-electron chi connectivity index (χ3n) is 5.31. The van der Waals surface area contributed by atoms with Gasteiger partial charge in [0.2, 0.25) is 5.95 Å². The van der Waals surface area contributed by atoms with Crippen molar-refractivity contribution in [3.8, 4) is 11.3 Å². The van der Waals surface area contributed by atoms with Crippen molar-refractivity contribution in [2.24, 2.45) is 0 Å². The molecule has 0 radical (unpaired) electrons. The third-order valence-corrected chi connectivity index (χ3v) is 6.68. The first kappa shape index (κ1) is 23.2. The van der Waals surface area contributed by atoms with Crippen LogP contribution in [0.4, 0.5) is 11.6 Å². The number of anilines is 2. The van der Waals surface area contributed by atoms with Crippen LogP contribution >= 0.6 is 0 Å². The summed E-state index contributed by atoms with van der Waals surface area (Å²) in [5.74, 6) is 0.354. The van der Waals surface area contributed by atoms with Crippen molar-refractivity contribution in [1.29, 1.82) is 0 Å². The average molecular weight is 476 g/mol. The highest BCUT2D eigenvalue weighted by atomic mass is 32.2. The van der Waals surface area contributed by atoms with E-state index in [-0.39, 0.29) is 16.3 Å². The van der Waals surface area contributed by atoms with Gasteiger partial charge in [0.15, 0.2) is 0 Å². The number of nitrogens with zero attached hydrogens (tertiary/aromatic N) is 3. The average Bonchev–Trinajstić information content (AvgIpc) is 2.86. The molecule has 9 heteroatoms. The Balaban J connectivity index is 1.64. The van der Waals surface area contributed by atoms with Gasteiger partial charge in [-0.3, -0.25) is 19.5 Å². The molecule has 8 nitrogen and oxygen atoms in total. The van der Waals surface area contributed by atoms with Crippen LogP contribution in [0.1, 0.15) is 12.0 Å². The van der Waals surface area contributed by atoms with Crippen LogP contribution < -0.4 is 15.2 Å². The fourth-order valence-corrected chi connectivity index (χ4v) is 4.61. The van der Waals surface area contributed by atoms with E-state index in [1.165, 1.54) is 17.7 Å². The topological polar surface area (TPSA) is 108 Å². The number of benzene rings is 2. The Morgan fingerprint density at radius 2 is 1.59 bits per heavy atom. The molecule has 0 amide bonds. The van der Waals surface area contributed by atoms with E-state index in [0.717, 1.165) is 12.8 Å². The molecule has 0 aliphatic heterocycles. The van der Waals surface area contributed by atoms with Crippen LogP contribution in [-0.2, 0) is 16.4 Å². The van der Waals surface area contributed by atoms with Crippen LogP contribution in [0.25, 0.3) is 11.3 Å². The molecule has 34 heavy (non-hydrogen) atoms. The number of pyridine rings is 1. The molecule has 0 aliphatic rings. The smallest absolute Gasteiger partial charge is 0.277 e. The molecule has 2 aromatic heterocycles. The Kier molecular flexibility index (Phi) is 7.03. The number of aromatic nitrogens is 3. The number of H-pyrrole nitrogens is 1. The minimum Gasteiger partial charge on any atom is -0.345 e. The normalized spacial score (nSPS) is 11.2. The predicted molar refractivity (Wildman–Crippen MR) is 133 cm³/mol. The molecule has 0 bridgehead atoms. The Bertz CT molecular complexity index is 1390. The number of rotatable bonds is 9. The second-order valence-corrected chi connectivity index (χ2v) is 9.46. The molecular formula is C25H25N5O3S. The number of aryl methyl sites for hydroxylation is 1. The van der Waals surface area contributed by atoms with Gasteiger partial charge in [0.05, 0.1) is 4.90 Å². The quantitative estimate of drug-likeness (QED) is 0.382. The van der Waals surface area contributed by atoms with Crippen molar-refractivity contribution in [2.75, 3.05) is 23.2 Å². The van der Waals surface area contributed by atoms with Crippen LogP contribution in [0.5, 0.6) is 0 Å². The number of aromatic amines is 1. The molecule has 0 spiro atoms. The zero-order chi connectivity index (χ0) is 24.0. The summed E-state index contributed by atoms with van der Waals surface area (Å²) in [5.41, 5.74) is 1.32. The molecule has 0 unspecified atom stereocenters. The summed E-state index contributed by atoms with van der Waals surface area (Å²) in [7, 11) is -2.14. The lowest BCUT2D eigenvalue weighted by atomic mass is 10.1. The Hall–Kier alpha value is -3.98. The van der Waals surface area contributed by atoms with Crippen LogP contribution in [0.2, 0.25) is 0 Å². The van der Waals surface area contributed by atoms with Crippen molar-refractivity contribution >= 4 is 21.7 Å². The van der Waals surface area contributed by atoms with Gasteiger partial charge in [0.1, 0.15) is 11.4 Å². The fraction of sp³-hybridized carbons (Fsp3) is 0.160. The first-order chi connectivity index (χ1) is 16.4. The molecule has 2 heterocycles. The van der Waals surface area contributed by atoms with Crippen molar-refractivity contribution < 1.29 is 8.42 Å². The molecule has 2 N–H and O–H groups in total.